The molecule has 0 spiro atoms. The first kappa shape index (κ1) is 23.2. The molecule has 8 heteroatoms. The molecule has 0 aromatic carbocycles. The number of hydrogen-bond donors (Lipinski definition) is 4. The first-order chi connectivity index (χ1) is 12.9. The molecule has 0 heterocycles. The molecule has 5 N–H and O–H groups in total. The summed E-state index contributed by atoms with van der Waals surface area (Å²) in [5, 5.41) is 14.3. The minimum absolute atomic E-state index is 0.103. The minimum Gasteiger partial charge on any atom is -0.480 e. The van der Waals surface area contributed by atoms with Crippen molar-refractivity contribution in [2.45, 2.75) is 89.8 Å². The summed E-state index contributed by atoms with van der Waals surface area (Å²) in [7, 11) is 0. The summed E-state index contributed by atoms with van der Waals surface area (Å²) in [6, 6.07) is -2.07. The lowest BCUT2D eigenvalue weighted by Crippen LogP contribution is -2.55. The Bertz CT molecular complexity index is 480. The van der Waals surface area contributed by atoms with Gasteiger partial charge in [-0.2, -0.15) is 0 Å². The van der Waals surface area contributed by atoms with Crippen LogP contribution in [0.4, 0.5) is 4.79 Å². The van der Waals surface area contributed by atoms with Gasteiger partial charge < -0.3 is 26.4 Å². The van der Waals surface area contributed by atoms with E-state index in [0.717, 1.165) is 32.1 Å². The maximum absolute atomic E-state index is 12.9. The Hall–Kier alpha value is -1.83. The van der Waals surface area contributed by atoms with Crippen LogP contribution in [0.1, 0.15) is 71.6 Å². The average molecular weight is 385 g/mol. The number of carboxylic acids is 1. The van der Waals surface area contributed by atoms with Gasteiger partial charge in [0.2, 0.25) is 5.91 Å². The number of nitrogens with two attached hydrogens (primary N) is 1. The number of carbonyl (C=O) groups is 3. The van der Waals surface area contributed by atoms with Crippen molar-refractivity contribution in [3.63, 3.8) is 0 Å². The number of nitrogens with one attached hydrogen (secondary N) is 2. The van der Waals surface area contributed by atoms with Crippen LogP contribution in [0.25, 0.3) is 0 Å². The molecule has 1 aliphatic carbocycles. The van der Waals surface area contributed by atoms with Gasteiger partial charge >= 0.3 is 12.0 Å². The van der Waals surface area contributed by atoms with Crippen LogP contribution in [-0.4, -0.2) is 59.1 Å². The van der Waals surface area contributed by atoms with Crippen LogP contribution < -0.4 is 16.4 Å². The molecule has 1 fully saturated rings. The molecule has 1 rings (SSSR count). The Morgan fingerprint density at radius 1 is 1.15 bits per heavy atom. The fourth-order valence-electron chi connectivity index (χ4n) is 3.56. The Morgan fingerprint density at radius 2 is 1.81 bits per heavy atom. The summed E-state index contributed by atoms with van der Waals surface area (Å²) in [6.07, 6.45) is 7.98. The van der Waals surface area contributed by atoms with E-state index in [1.54, 1.807) is 6.92 Å². The highest BCUT2D eigenvalue weighted by atomic mass is 16.4. The number of nitrogens with zero attached hydrogens (tertiary/aromatic N) is 1. The highest BCUT2D eigenvalue weighted by molar-refractivity contribution is 5.88. The van der Waals surface area contributed by atoms with Crippen LogP contribution in [0.3, 0.4) is 0 Å². The predicted octanol–water partition coefficient (Wildman–Crippen LogP) is 1.83. The number of rotatable bonds is 11. The molecule has 1 saturated carbocycles. The Kier molecular flexibility index (Phi) is 10.8. The molecule has 27 heavy (non-hydrogen) atoms. The molecule has 0 aromatic heterocycles. The fraction of sp³-hybridized carbons (Fsp3) is 0.842. The number of unbranched alkanes of at least 4 members (excludes halogenated alkanes) is 1. The molecular formula is C19H36N4O4. The van der Waals surface area contributed by atoms with Crippen LogP contribution in [0.15, 0.2) is 0 Å². The molecule has 0 aliphatic heterocycles. The molecule has 3 amide bonds. The van der Waals surface area contributed by atoms with E-state index in [0.29, 0.717) is 32.4 Å². The molecule has 0 aromatic rings. The molecule has 1 unspecified atom stereocenters. The van der Waals surface area contributed by atoms with Gasteiger partial charge in [-0.15, -0.1) is 0 Å². The molecule has 0 saturated heterocycles. The van der Waals surface area contributed by atoms with Crippen LogP contribution in [0.2, 0.25) is 0 Å². The van der Waals surface area contributed by atoms with Crippen molar-refractivity contribution >= 4 is 17.9 Å². The monoisotopic (exact) mass is 384 g/mol. The SMILES string of the molecule is CCCN(C(=O)[C@@H](C)NC(=O)NC(CCCCN)C(=O)O)C1CCCCC1. The molecular weight excluding hydrogens is 348 g/mol. The third-order valence-electron chi connectivity index (χ3n) is 5.03. The van der Waals surface area contributed by atoms with Crippen molar-refractivity contribution < 1.29 is 19.5 Å². The zero-order valence-electron chi connectivity index (χ0n) is 16.7. The highest BCUT2D eigenvalue weighted by Crippen LogP contribution is 2.23. The van der Waals surface area contributed by atoms with Gasteiger partial charge in [-0.3, -0.25) is 4.79 Å². The number of aliphatic carboxylic acids is 1. The Balaban J connectivity index is 2.59. The average Bonchev–Trinajstić information content (AvgIpc) is 2.65. The van der Waals surface area contributed by atoms with Gasteiger partial charge in [0.1, 0.15) is 12.1 Å². The topological polar surface area (TPSA) is 125 Å². The summed E-state index contributed by atoms with van der Waals surface area (Å²) >= 11 is 0. The Morgan fingerprint density at radius 3 is 2.37 bits per heavy atom. The van der Waals surface area contributed by atoms with E-state index in [2.05, 4.69) is 10.6 Å². The molecule has 2 atom stereocenters. The van der Waals surface area contributed by atoms with Gasteiger partial charge in [0.25, 0.3) is 0 Å². The molecule has 1 aliphatic rings. The smallest absolute Gasteiger partial charge is 0.326 e. The second-order valence-electron chi connectivity index (χ2n) is 7.34. The van der Waals surface area contributed by atoms with Crippen molar-refractivity contribution in [1.29, 1.82) is 0 Å². The van der Waals surface area contributed by atoms with Gasteiger partial charge in [0, 0.05) is 12.6 Å². The zero-order chi connectivity index (χ0) is 20.2. The van der Waals surface area contributed by atoms with E-state index in [4.69, 9.17) is 5.73 Å². The number of urea groups is 1. The first-order valence-electron chi connectivity index (χ1n) is 10.2. The summed E-state index contributed by atoms with van der Waals surface area (Å²) in [6.45, 7) is 4.84. The Labute approximate surface area is 162 Å². The number of amides is 3. The van der Waals surface area contributed by atoms with Crippen molar-refractivity contribution in [1.82, 2.24) is 15.5 Å². The highest BCUT2D eigenvalue weighted by Gasteiger charge is 2.29. The first-order valence-corrected chi connectivity index (χ1v) is 10.2. The van der Waals surface area contributed by atoms with E-state index >= 15 is 0 Å². The zero-order valence-corrected chi connectivity index (χ0v) is 16.7. The van der Waals surface area contributed by atoms with Gasteiger partial charge in [0.05, 0.1) is 0 Å². The quantitative estimate of drug-likeness (QED) is 0.405. The van der Waals surface area contributed by atoms with Crippen molar-refractivity contribution in [2.75, 3.05) is 13.1 Å². The van der Waals surface area contributed by atoms with Crippen LogP contribution in [-0.2, 0) is 9.59 Å². The number of hydrogen-bond acceptors (Lipinski definition) is 4. The maximum atomic E-state index is 12.9. The molecule has 0 bridgehead atoms. The summed E-state index contributed by atoms with van der Waals surface area (Å²) in [5.41, 5.74) is 5.42. The summed E-state index contributed by atoms with van der Waals surface area (Å²) < 4.78 is 0. The van der Waals surface area contributed by atoms with Gasteiger partial charge in [-0.25, -0.2) is 9.59 Å². The van der Waals surface area contributed by atoms with Crippen LogP contribution in [0, 0.1) is 0 Å². The second kappa shape index (κ2) is 12.5. The van der Waals surface area contributed by atoms with Gasteiger partial charge in [0.15, 0.2) is 0 Å². The minimum atomic E-state index is -1.09. The maximum Gasteiger partial charge on any atom is 0.326 e. The van der Waals surface area contributed by atoms with Crippen molar-refractivity contribution in [3.8, 4) is 0 Å². The number of carbonyl (C=O) groups excluding carboxylic acids is 2. The van der Waals surface area contributed by atoms with E-state index in [1.807, 2.05) is 11.8 Å². The van der Waals surface area contributed by atoms with Gasteiger partial charge in [-0.05, 0) is 52.0 Å². The van der Waals surface area contributed by atoms with E-state index in [-0.39, 0.29) is 11.9 Å². The lowest BCUT2D eigenvalue weighted by atomic mass is 9.93. The van der Waals surface area contributed by atoms with Gasteiger partial charge in [-0.1, -0.05) is 26.2 Å². The third kappa shape index (κ3) is 8.15. The molecule has 156 valence electrons. The predicted molar refractivity (Wildman–Crippen MR) is 104 cm³/mol. The lowest BCUT2D eigenvalue weighted by Gasteiger charge is -2.36. The summed E-state index contributed by atoms with van der Waals surface area (Å²) in [5.74, 6) is -1.19. The molecule has 0 radical (unpaired) electrons. The lowest BCUT2D eigenvalue weighted by molar-refractivity contribution is -0.139. The van der Waals surface area contributed by atoms with E-state index in [1.165, 1.54) is 6.42 Å². The normalized spacial score (nSPS) is 17.0. The van der Waals surface area contributed by atoms with E-state index in [9.17, 15) is 19.5 Å². The number of carboxylic acid groups (broad SMARTS) is 1. The van der Waals surface area contributed by atoms with Crippen molar-refractivity contribution in [3.05, 3.63) is 0 Å². The molecule has 8 nitrogen and oxygen atoms in total. The second-order valence-corrected chi connectivity index (χ2v) is 7.34. The fourth-order valence-corrected chi connectivity index (χ4v) is 3.56. The third-order valence-corrected chi connectivity index (χ3v) is 5.03. The van der Waals surface area contributed by atoms with Crippen LogP contribution >= 0.6 is 0 Å². The largest absolute Gasteiger partial charge is 0.480 e. The standard InChI is InChI=1S/C19H36N4O4/c1-3-13-23(15-9-5-4-6-10-15)17(24)14(2)21-19(27)22-16(18(25)26)11-7-8-12-20/h14-16H,3-13,20H2,1-2H3,(H,25,26)(H2,21,22,27)/t14-,16?/m1/s1. The van der Waals surface area contributed by atoms with Crippen LogP contribution in [0.5, 0.6) is 0 Å². The van der Waals surface area contributed by atoms with E-state index < -0.39 is 24.1 Å². The summed E-state index contributed by atoms with van der Waals surface area (Å²) in [4.78, 5) is 38.2. The van der Waals surface area contributed by atoms with Crippen molar-refractivity contribution in [2.24, 2.45) is 5.73 Å².